The second kappa shape index (κ2) is 4.35. The van der Waals surface area contributed by atoms with Crippen molar-refractivity contribution in [2.75, 3.05) is 0 Å². The van der Waals surface area contributed by atoms with Gasteiger partial charge in [0.05, 0.1) is 16.9 Å². The number of aromatic nitrogens is 2. The summed E-state index contributed by atoms with van der Waals surface area (Å²) in [5.74, 6) is 0. The minimum Gasteiger partial charge on any atom is -0.399 e. The zero-order chi connectivity index (χ0) is 14.6. The first-order valence-electron chi connectivity index (χ1n) is 6.98. The van der Waals surface area contributed by atoms with Crippen molar-refractivity contribution in [2.45, 2.75) is 72.6 Å². The van der Waals surface area contributed by atoms with Crippen molar-refractivity contribution in [1.82, 2.24) is 9.78 Å². The SMILES string of the molecule is Cc1nn(C(C)C)c(C)c1B1OC(C)(C)C(C)(C)O1. The Labute approximate surface area is 116 Å². The van der Waals surface area contributed by atoms with Gasteiger partial charge in [-0.05, 0) is 55.4 Å². The molecule has 0 unspecified atom stereocenters. The van der Waals surface area contributed by atoms with E-state index < -0.39 is 0 Å². The van der Waals surface area contributed by atoms with Gasteiger partial charge in [-0.2, -0.15) is 5.10 Å². The van der Waals surface area contributed by atoms with Crippen molar-refractivity contribution in [1.29, 1.82) is 0 Å². The van der Waals surface area contributed by atoms with E-state index >= 15 is 0 Å². The molecule has 0 spiro atoms. The van der Waals surface area contributed by atoms with Gasteiger partial charge in [-0.1, -0.05) is 0 Å². The molecule has 19 heavy (non-hydrogen) atoms. The van der Waals surface area contributed by atoms with Crippen molar-refractivity contribution in [2.24, 2.45) is 0 Å². The summed E-state index contributed by atoms with van der Waals surface area (Å²) < 4.78 is 14.3. The molecule has 1 aliphatic rings. The third kappa shape index (κ3) is 2.23. The molecule has 0 bridgehead atoms. The molecule has 0 aliphatic carbocycles. The Kier molecular flexibility index (Phi) is 3.34. The van der Waals surface area contributed by atoms with Crippen LogP contribution in [0.15, 0.2) is 0 Å². The van der Waals surface area contributed by atoms with E-state index in [1.807, 2.05) is 11.6 Å². The first-order valence-corrected chi connectivity index (χ1v) is 6.98. The summed E-state index contributed by atoms with van der Waals surface area (Å²) in [4.78, 5) is 0. The van der Waals surface area contributed by atoms with Crippen LogP contribution < -0.4 is 5.46 Å². The lowest BCUT2D eigenvalue weighted by Gasteiger charge is -2.32. The summed E-state index contributed by atoms with van der Waals surface area (Å²) in [5, 5.41) is 4.61. The standard InChI is InChI=1S/C14H25BN2O2/c1-9(2)17-11(4)12(10(3)16-17)15-18-13(5,6)14(7,8)19-15/h9H,1-8H3. The predicted octanol–water partition coefficient (Wildman–Crippen LogP) is 2.38. The maximum absolute atomic E-state index is 6.13. The zero-order valence-corrected chi connectivity index (χ0v) is 13.4. The molecule has 1 aromatic rings. The second-order valence-electron chi connectivity index (χ2n) is 6.71. The molecule has 2 heterocycles. The maximum Gasteiger partial charge on any atom is 0.498 e. The molecule has 0 N–H and O–H groups in total. The van der Waals surface area contributed by atoms with E-state index in [-0.39, 0.29) is 18.3 Å². The fourth-order valence-corrected chi connectivity index (χ4v) is 2.48. The van der Waals surface area contributed by atoms with Crippen LogP contribution in [-0.4, -0.2) is 28.1 Å². The maximum atomic E-state index is 6.13. The average molecular weight is 264 g/mol. The van der Waals surface area contributed by atoms with Crippen LogP contribution in [0.2, 0.25) is 0 Å². The molecule has 4 nitrogen and oxygen atoms in total. The Balaban J connectivity index is 2.40. The molecule has 0 radical (unpaired) electrons. The molecule has 0 aromatic carbocycles. The van der Waals surface area contributed by atoms with E-state index in [1.165, 1.54) is 0 Å². The molecular weight excluding hydrogens is 239 g/mol. The van der Waals surface area contributed by atoms with Crippen molar-refractivity contribution in [3.05, 3.63) is 11.4 Å². The van der Waals surface area contributed by atoms with Gasteiger partial charge in [0.25, 0.3) is 0 Å². The Morgan fingerprint density at radius 2 is 1.53 bits per heavy atom. The third-order valence-corrected chi connectivity index (χ3v) is 4.36. The minimum atomic E-state index is -0.322. The Morgan fingerprint density at radius 3 is 1.89 bits per heavy atom. The molecule has 0 saturated carbocycles. The number of rotatable bonds is 2. The number of aryl methyl sites for hydroxylation is 1. The monoisotopic (exact) mass is 264 g/mol. The molecule has 0 amide bonds. The molecule has 1 fully saturated rings. The van der Waals surface area contributed by atoms with Gasteiger partial charge in [0.1, 0.15) is 0 Å². The van der Waals surface area contributed by atoms with Crippen LogP contribution in [0.3, 0.4) is 0 Å². The highest BCUT2D eigenvalue weighted by Gasteiger charge is 2.53. The van der Waals surface area contributed by atoms with E-state index in [4.69, 9.17) is 9.31 Å². The van der Waals surface area contributed by atoms with Gasteiger partial charge in [0, 0.05) is 17.2 Å². The summed E-state index contributed by atoms with van der Waals surface area (Å²) in [6.45, 7) is 16.7. The van der Waals surface area contributed by atoms with Crippen LogP contribution in [0.4, 0.5) is 0 Å². The quantitative estimate of drug-likeness (QED) is 0.769. The molecule has 0 atom stereocenters. The summed E-state index contributed by atoms with van der Waals surface area (Å²) in [6.07, 6.45) is 0. The molecule has 106 valence electrons. The van der Waals surface area contributed by atoms with E-state index in [2.05, 4.69) is 53.6 Å². The fourth-order valence-electron chi connectivity index (χ4n) is 2.48. The molecule has 1 aromatic heterocycles. The minimum absolute atomic E-state index is 0.309. The first kappa shape index (κ1) is 14.6. The zero-order valence-electron chi connectivity index (χ0n) is 13.4. The first-order chi connectivity index (χ1) is 8.57. The van der Waals surface area contributed by atoms with Crippen molar-refractivity contribution in [3.63, 3.8) is 0 Å². The highest BCUT2D eigenvalue weighted by atomic mass is 16.7. The van der Waals surface area contributed by atoms with Gasteiger partial charge < -0.3 is 9.31 Å². The highest BCUT2D eigenvalue weighted by molar-refractivity contribution is 6.63. The van der Waals surface area contributed by atoms with Crippen LogP contribution in [0.1, 0.15) is 59.0 Å². The van der Waals surface area contributed by atoms with Crippen LogP contribution >= 0.6 is 0 Å². The van der Waals surface area contributed by atoms with Gasteiger partial charge >= 0.3 is 7.12 Å². The Hall–Kier alpha value is -0.805. The van der Waals surface area contributed by atoms with Crippen LogP contribution in [0.5, 0.6) is 0 Å². The fraction of sp³-hybridized carbons (Fsp3) is 0.786. The summed E-state index contributed by atoms with van der Waals surface area (Å²) in [6, 6.07) is 0.342. The van der Waals surface area contributed by atoms with Crippen LogP contribution in [-0.2, 0) is 9.31 Å². The van der Waals surface area contributed by atoms with E-state index in [0.717, 1.165) is 16.9 Å². The number of hydrogen-bond acceptors (Lipinski definition) is 3. The van der Waals surface area contributed by atoms with E-state index in [0.29, 0.717) is 6.04 Å². The predicted molar refractivity (Wildman–Crippen MR) is 77.8 cm³/mol. The smallest absolute Gasteiger partial charge is 0.399 e. The molecule has 2 rings (SSSR count). The Morgan fingerprint density at radius 1 is 1.05 bits per heavy atom. The lowest BCUT2D eigenvalue weighted by molar-refractivity contribution is 0.00578. The molecular formula is C14H25BN2O2. The second-order valence-corrected chi connectivity index (χ2v) is 6.71. The van der Waals surface area contributed by atoms with E-state index in [1.54, 1.807) is 0 Å². The highest BCUT2D eigenvalue weighted by Crippen LogP contribution is 2.37. The lowest BCUT2D eigenvalue weighted by Crippen LogP contribution is -2.41. The van der Waals surface area contributed by atoms with Gasteiger partial charge in [-0.15, -0.1) is 0 Å². The topological polar surface area (TPSA) is 36.3 Å². The van der Waals surface area contributed by atoms with E-state index in [9.17, 15) is 0 Å². The van der Waals surface area contributed by atoms with Crippen molar-refractivity contribution in [3.8, 4) is 0 Å². The summed E-state index contributed by atoms with van der Waals surface area (Å²) >= 11 is 0. The number of hydrogen-bond donors (Lipinski definition) is 0. The van der Waals surface area contributed by atoms with Crippen molar-refractivity contribution >= 4 is 12.6 Å². The summed E-state index contributed by atoms with van der Waals surface area (Å²) in [5.41, 5.74) is 2.58. The largest absolute Gasteiger partial charge is 0.498 e. The van der Waals surface area contributed by atoms with Crippen molar-refractivity contribution < 1.29 is 9.31 Å². The lowest BCUT2D eigenvalue weighted by atomic mass is 9.77. The van der Waals surface area contributed by atoms with Gasteiger partial charge in [0.15, 0.2) is 0 Å². The normalized spacial score (nSPS) is 21.4. The van der Waals surface area contributed by atoms with Gasteiger partial charge in [0.2, 0.25) is 0 Å². The van der Waals surface area contributed by atoms with Gasteiger partial charge in [-0.3, -0.25) is 4.68 Å². The molecule has 1 saturated heterocycles. The average Bonchev–Trinajstić information content (AvgIpc) is 2.62. The molecule has 5 heteroatoms. The van der Waals surface area contributed by atoms with Crippen LogP contribution in [0.25, 0.3) is 0 Å². The number of nitrogens with zero attached hydrogens (tertiary/aromatic N) is 2. The van der Waals surface area contributed by atoms with Gasteiger partial charge in [-0.25, -0.2) is 0 Å². The van der Waals surface area contributed by atoms with Crippen LogP contribution in [0, 0.1) is 13.8 Å². The molecule has 1 aliphatic heterocycles. The third-order valence-electron chi connectivity index (χ3n) is 4.36. The Bertz CT molecular complexity index is 476. The summed E-state index contributed by atoms with van der Waals surface area (Å²) in [7, 11) is -0.322.